The van der Waals surface area contributed by atoms with Gasteiger partial charge in [-0.25, -0.2) is 9.78 Å². The fourth-order valence-electron chi connectivity index (χ4n) is 3.27. The second-order valence-electron chi connectivity index (χ2n) is 6.45. The van der Waals surface area contributed by atoms with Crippen LogP contribution in [0.5, 0.6) is 0 Å². The summed E-state index contributed by atoms with van der Waals surface area (Å²) in [5.74, 6) is -1.32. The van der Waals surface area contributed by atoms with E-state index in [2.05, 4.69) is 15.6 Å². The Balaban J connectivity index is 1.43. The standard InChI is InChI=1S/C17H21F3N4O/c18-17(19,20)12-4-3-5-13(10-12)23-16(25)21-8-7-14-11-24-9-2-1-6-15(24)22-14/h1-2,6,9,11-13H,3-5,7-8,10H2,(H2,21,23,25). The van der Waals surface area contributed by atoms with Gasteiger partial charge in [-0.2, -0.15) is 13.2 Å². The van der Waals surface area contributed by atoms with Gasteiger partial charge in [0.15, 0.2) is 0 Å². The molecular weight excluding hydrogens is 333 g/mol. The van der Waals surface area contributed by atoms with E-state index in [9.17, 15) is 18.0 Å². The monoisotopic (exact) mass is 354 g/mol. The summed E-state index contributed by atoms with van der Waals surface area (Å²) in [5, 5.41) is 5.35. The van der Waals surface area contributed by atoms with Gasteiger partial charge in [0.05, 0.1) is 11.6 Å². The molecular formula is C17H21F3N4O. The normalized spacial score (nSPS) is 21.2. The van der Waals surface area contributed by atoms with E-state index < -0.39 is 24.2 Å². The van der Waals surface area contributed by atoms with Gasteiger partial charge in [-0.15, -0.1) is 0 Å². The molecule has 2 unspecified atom stereocenters. The minimum absolute atomic E-state index is 0.0383. The molecule has 2 amide bonds. The number of hydrogen-bond donors (Lipinski definition) is 2. The first-order chi connectivity index (χ1) is 11.9. The summed E-state index contributed by atoms with van der Waals surface area (Å²) in [6.45, 7) is 0.380. The Morgan fingerprint density at radius 1 is 1.32 bits per heavy atom. The highest BCUT2D eigenvalue weighted by Gasteiger charge is 2.42. The fraction of sp³-hybridized carbons (Fsp3) is 0.529. The second-order valence-corrected chi connectivity index (χ2v) is 6.45. The van der Waals surface area contributed by atoms with E-state index in [0.717, 1.165) is 11.3 Å². The predicted molar refractivity (Wildman–Crippen MR) is 87.2 cm³/mol. The van der Waals surface area contributed by atoms with Crippen LogP contribution >= 0.6 is 0 Å². The zero-order chi connectivity index (χ0) is 17.9. The van der Waals surface area contributed by atoms with Gasteiger partial charge < -0.3 is 15.0 Å². The lowest BCUT2D eigenvalue weighted by Crippen LogP contribution is -2.46. The van der Waals surface area contributed by atoms with E-state index in [1.807, 2.05) is 35.0 Å². The largest absolute Gasteiger partial charge is 0.391 e. The third-order valence-corrected chi connectivity index (χ3v) is 4.55. The Labute approximate surface area is 143 Å². The number of aromatic nitrogens is 2. The zero-order valence-corrected chi connectivity index (χ0v) is 13.7. The molecule has 2 heterocycles. The molecule has 1 aliphatic rings. The number of halogens is 3. The minimum Gasteiger partial charge on any atom is -0.338 e. The topological polar surface area (TPSA) is 58.4 Å². The van der Waals surface area contributed by atoms with Crippen LogP contribution in [0.3, 0.4) is 0 Å². The number of rotatable bonds is 4. The Kier molecular flexibility index (Phi) is 5.15. The van der Waals surface area contributed by atoms with Gasteiger partial charge in [-0.05, 0) is 31.4 Å². The number of pyridine rings is 1. The number of fused-ring (bicyclic) bond motifs is 1. The molecule has 1 aliphatic carbocycles. The van der Waals surface area contributed by atoms with Gasteiger partial charge in [0.1, 0.15) is 5.65 Å². The molecule has 3 rings (SSSR count). The average Bonchev–Trinajstić information content (AvgIpc) is 2.97. The van der Waals surface area contributed by atoms with Crippen LogP contribution < -0.4 is 10.6 Å². The number of imidazole rings is 1. The highest BCUT2D eigenvalue weighted by Crippen LogP contribution is 2.37. The van der Waals surface area contributed by atoms with Crippen LogP contribution in [-0.4, -0.2) is 34.2 Å². The number of nitrogens with one attached hydrogen (secondary N) is 2. The number of hydrogen-bond acceptors (Lipinski definition) is 2. The van der Waals surface area contributed by atoms with Crippen LogP contribution in [0.25, 0.3) is 5.65 Å². The third-order valence-electron chi connectivity index (χ3n) is 4.55. The summed E-state index contributed by atoms with van der Waals surface area (Å²) >= 11 is 0. The Morgan fingerprint density at radius 3 is 2.92 bits per heavy atom. The lowest BCUT2D eigenvalue weighted by Gasteiger charge is -2.31. The molecule has 2 aromatic rings. The van der Waals surface area contributed by atoms with Crippen LogP contribution in [0.15, 0.2) is 30.6 Å². The van der Waals surface area contributed by atoms with Gasteiger partial charge in [0, 0.05) is 31.4 Å². The molecule has 0 aliphatic heterocycles. The molecule has 2 aromatic heterocycles. The van der Waals surface area contributed by atoms with Gasteiger partial charge in [0.25, 0.3) is 0 Å². The van der Waals surface area contributed by atoms with Gasteiger partial charge in [0.2, 0.25) is 0 Å². The first-order valence-electron chi connectivity index (χ1n) is 8.45. The smallest absolute Gasteiger partial charge is 0.338 e. The molecule has 5 nitrogen and oxygen atoms in total. The molecule has 0 spiro atoms. The molecule has 25 heavy (non-hydrogen) atoms. The summed E-state index contributed by atoms with van der Waals surface area (Å²) in [6.07, 6.45) is 1.35. The molecule has 0 saturated heterocycles. The summed E-state index contributed by atoms with van der Waals surface area (Å²) in [6, 6.07) is 4.86. The molecule has 2 N–H and O–H groups in total. The first kappa shape index (κ1) is 17.6. The van der Waals surface area contributed by atoms with E-state index in [1.165, 1.54) is 0 Å². The lowest BCUT2D eigenvalue weighted by atomic mass is 9.85. The van der Waals surface area contributed by atoms with Crippen molar-refractivity contribution in [2.75, 3.05) is 6.54 Å². The van der Waals surface area contributed by atoms with Gasteiger partial charge in [-0.3, -0.25) is 0 Å². The van der Waals surface area contributed by atoms with Crippen LogP contribution in [0.1, 0.15) is 31.4 Å². The number of alkyl halides is 3. The number of amides is 2. The second kappa shape index (κ2) is 7.33. The van der Waals surface area contributed by atoms with Crippen molar-refractivity contribution >= 4 is 11.7 Å². The molecule has 8 heteroatoms. The van der Waals surface area contributed by atoms with Crippen molar-refractivity contribution in [3.8, 4) is 0 Å². The van der Waals surface area contributed by atoms with E-state index >= 15 is 0 Å². The molecule has 0 aromatic carbocycles. The molecule has 2 atom stereocenters. The maximum atomic E-state index is 12.8. The minimum atomic E-state index is -4.18. The predicted octanol–water partition coefficient (Wildman–Crippen LogP) is 3.30. The number of urea groups is 1. The fourth-order valence-corrected chi connectivity index (χ4v) is 3.27. The van der Waals surface area contributed by atoms with Gasteiger partial charge in [-0.1, -0.05) is 12.5 Å². The highest BCUT2D eigenvalue weighted by molar-refractivity contribution is 5.74. The highest BCUT2D eigenvalue weighted by atomic mass is 19.4. The Hall–Kier alpha value is -2.25. The van der Waals surface area contributed by atoms with E-state index in [-0.39, 0.29) is 12.8 Å². The van der Waals surface area contributed by atoms with Crippen LogP contribution in [0.2, 0.25) is 0 Å². The van der Waals surface area contributed by atoms with E-state index in [4.69, 9.17) is 0 Å². The van der Waals surface area contributed by atoms with Crippen molar-refractivity contribution in [1.29, 1.82) is 0 Å². The molecule has 136 valence electrons. The summed E-state index contributed by atoms with van der Waals surface area (Å²) in [7, 11) is 0. The Morgan fingerprint density at radius 2 is 2.16 bits per heavy atom. The number of carbonyl (C=O) groups is 1. The van der Waals surface area contributed by atoms with E-state index in [0.29, 0.717) is 25.8 Å². The van der Waals surface area contributed by atoms with Crippen LogP contribution in [0, 0.1) is 5.92 Å². The summed E-state index contributed by atoms with van der Waals surface area (Å²) < 4.78 is 40.3. The molecule has 0 bridgehead atoms. The summed E-state index contributed by atoms with van der Waals surface area (Å²) in [4.78, 5) is 16.3. The number of nitrogens with zero attached hydrogens (tertiary/aromatic N) is 2. The van der Waals surface area contributed by atoms with Crippen molar-refractivity contribution in [1.82, 2.24) is 20.0 Å². The van der Waals surface area contributed by atoms with Crippen molar-refractivity contribution in [2.45, 2.75) is 44.3 Å². The maximum Gasteiger partial charge on any atom is 0.391 e. The zero-order valence-electron chi connectivity index (χ0n) is 13.7. The van der Waals surface area contributed by atoms with Crippen LogP contribution in [0.4, 0.5) is 18.0 Å². The van der Waals surface area contributed by atoms with Crippen molar-refractivity contribution in [3.05, 3.63) is 36.3 Å². The third kappa shape index (κ3) is 4.64. The maximum absolute atomic E-state index is 12.8. The molecule has 1 saturated carbocycles. The van der Waals surface area contributed by atoms with Crippen molar-refractivity contribution in [3.63, 3.8) is 0 Å². The SMILES string of the molecule is O=C(NCCc1cn2ccccc2n1)NC1CCCC(C(F)(F)F)C1. The first-order valence-corrected chi connectivity index (χ1v) is 8.45. The van der Waals surface area contributed by atoms with Crippen molar-refractivity contribution in [2.24, 2.45) is 5.92 Å². The van der Waals surface area contributed by atoms with Crippen molar-refractivity contribution < 1.29 is 18.0 Å². The average molecular weight is 354 g/mol. The number of carbonyl (C=O) groups excluding carboxylic acids is 1. The van der Waals surface area contributed by atoms with E-state index in [1.54, 1.807) is 0 Å². The Bertz CT molecular complexity index is 695. The molecule has 0 radical (unpaired) electrons. The lowest BCUT2D eigenvalue weighted by molar-refractivity contribution is -0.183. The quantitative estimate of drug-likeness (QED) is 0.885. The summed E-state index contributed by atoms with van der Waals surface area (Å²) in [5.41, 5.74) is 1.68. The van der Waals surface area contributed by atoms with Gasteiger partial charge >= 0.3 is 12.2 Å². The van der Waals surface area contributed by atoms with Crippen LogP contribution in [-0.2, 0) is 6.42 Å². The molecule has 1 fully saturated rings.